The third-order valence-corrected chi connectivity index (χ3v) is 3.27. The number of carbonyl (C=O) groups excluding carboxylic acids is 1. The van der Waals surface area contributed by atoms with Crippen LogP contribution in [0.1, 0.15) is 45.7 Å². The van der Waals surface area contributed by atoms with Gasteiger partial charge in [0.15, 0.2) is 0 Å². The smallest absolute Gasteiger partial charge is 0.410 e. The normalized spacial score (nSPS) is 18.7. The summed E-state index contributed by atoms with van der Waals surface area (Å²) in [6.45, 7) is 9.80. The third-order valence-electron chi connectivity index (χ3n) is 3.27. The van der Waals surface area contributed by atoms with Gasteiger partial charge in [-0.3, -0.25) is 0 Å². The predicted molar refractivity (Wildman–Crippen MR) is 81.4 cm³/mol. The van der Waals surface area contributed by atoms with Gasteiger partial charge in [0.1, 0.15) is 5.60 Å². The molecular weight excluding hydrogens is 268 g/mol. The van der Waals surface area contributed by atoms with Gasteiger partial charge in [0, 0.05) is 31.7 Å². The van der Waals surface area contributed by atoms with Crippen LogP contribution in [0.15, 0.2) is 12.3 Å². The molecule has 0 aromatic carbocycles. The van der Waals surface area contributed by atoms with E-state index in [0.717, 1.165) is 18.7 Å². The van der Waals surface area contributed by atoms with Gasteiger partial charge in [-0.05, 0) is 40.2 Å². The van der Waals surface area contributed by atoms with Crippen LogP contribution in [0, 0.1) is 0 Å². The number of aromatic nitrogens is 2. The molecule has 6 heteroatoms. The molecule has 0 spiro atoms. The van der Waals surface area contributed by atoms with Crippen LogP contribution >= 0.6 is 0 Å². The van der Waals surface area contributed by atoms with Crippen LogP contribution in [0.2, 0.25) is 0 Å². The zero-order valence-corrected chi connectivity index (χ0v) is 13.2. The van der Waals surface area contributed by atoms with Crippen LogP contribution in [0.5, 0.6) is 0 Å². The van der Waals surface area contributed by atoms with Crippen molar-refractivity contribution in [1.29, 1.82) is 0 Å². The Bertz CT molecular complexity index is 499. The highest BCUT2D eigenvalue weighted by Gasteiger charge is 2.31. The fourth-order valence-electron chi connectivity index (χ4n) is 2.34. The lowest BCUT2D eigenvalue weighted by Crippen LogP contribution is -2.35. The lowest BCUT2D eigenvalue weighted by molar-refractivity contribution is 0.0292. The summed E-state index contributed by atoms with van der Waals surface area (Å²) < 4.78 is 5.41. The van der Waals surface area contributed by atoms with Crippen molar-refractivity contribution in [2.24, 2.45) is 0 Å². The molecule has 1 unspecified atom stereocenters. The first-order chi connectivity index (χ1) is 9.89. The van der Waals surface area contributed by atoms with Gasteiger partial charge < -0.3 is 15.0 Å². The molecule has 2 rings (SSSR count). The number of nitrogens with zero attached hydrogens (tertiary/aromatic N) is 3. The van der Waals surface area contributed by atoms with Gasteiger partial charge in [-0.25, -0.2) is 14.8 Å². The minimum atomic E-state index is -0.456. The van der Waals surface area contributed by atoms with E-state index in [0.29, 0.717) is 19.0 Å². The van der Waals surface area contributed by atoms with Crippen molar-refractivity contribution < 1.29 is 9.53 Å². The summed E-state index contributed by atoms with van der Waals surface area (Å²) in [4.78, 5) is 22.5. The van der Waals surface area contributed by atoms with Crippen molar-refractivity contribution in [3.63, 3.8) is 0 Å². The molecule has 2 heterocycles. The Morgan fingerprint density at radius 1 is 1.52 bits per heavy atom. The van der Waals surface area contributed by atoms with E-state index >= 15 is 0 Å². The maximum atomic E-state index is 12.1. The van der Waals surface area contributed by atoms with Crippen molar-refractivity contribution in [2.75, 3.05) is 25.0 Å². The van der Waals surface area contributed by atoms with Gasteiger partial charge in [-0.15, -0.1) is 0 Å². The van der Waals surface area contributed by atoms with Gasteiger partial charge in [-0.1, -0.05) is 0 Å². The second-order valence-corrected chi connectivity index (χ2v) is 6.25. The van der Waals surface area contributed by atoms with E-state index < -0.39 is 5.60 Å². The first-order valence-corrected chi connectivity index (χ1v) is 7.44. The molecule has 1 aliphatic heterocycles. The fraction of sp³-hybridized carbons (Fsp3) is 0.667. The quantitative estimate of drug-likeness (QED) is 0.927. The Morgan fingerprint density at radius 3 is 2.95 bits per heavy atom. The highest BCUT2D eigenvalue weighted by molar-refractivity contribution is 5.68. The molecule has 0 radical (unpaired) electrons. The Morgan fingerprint density at radius 2 is 2.29 bits per heavy atom. The average Bonchev–Trinajstić information content (AvgIpc) is 2.87. The number of carbonyl (C=O) groups is 1. The van der Waals surface area contributed by atoms with Crippen molar-refractivity contribution in [3.05, 3.63) is 18.0 Å². The van der Waals surface area contributed by atoms with Crippen LogP contribution in [0.4, 0.5) is 10.7 Å². The molecule has 0 bridgehead atoms. The van der Waals surface area contributed by atoms with Crippen LogP contribution in [0.25, 0.3) is 0 Å². The summed E-state index contributed by atoms with van der Waals surface area (Å²) in [5.41, 5.74) is 0.523. The lowest BCUT2D eigenvalue weighted by atomic mass is 10.1. The third kappa shape index (κ3) is 4.31. The number of rotatable bonds is 3. The molecule has 6 nitrogen and oxygen atoms in total. The minimum Gasteiger partial charge on any atom is -0.444 e. The van der Waals surface area contributed by atoms with Gasteiger partial charge in [0.05, 0.1) is 5.69 Å². The number of ether oxygens (including phenoxy) is 1. The van der Waals surface area contributed by atoms with Crippen molar-refractivity contribution in [3.8, 4) is 0 Å². The van der Waals surface area contributed by atoms with E-state index in [1.165, 1.54) is 0 Å². The molecule has 0 aliphatic carbocycles. The Hall–Kier alpha value is -1.85. The molecule has 1 fully saturated rings. The lowest BCUT2D eigenvalue weighted by Gasteiger charge is -2.24. The fourth-order valence-corrected chi connectivity index (χ4v) is 2.34. The van der Waals surface area contributed by atoms with Crippen LogP contribution in [0.3, 0.4) is 0 Å². The number of anilines is 1. The van der Waals surface area contributed by atoms with Crippen LogP contribution in [-0.2, 0) is 4.74 Å². The van der Waals surface area contributed by atoms with Gasteiger partial charge in [0.25, 0.3) is 0 Å². The monoisotopic (exact) mass is 292 g/mol. The maximum absolute atomic E-state index is 12.1. The molecular formula is C15H24N4O2. The maximum Gasteiger partial charge on any atom is 0.410 e. The molecule has 116 valence electrons. The summed E-state index contributed by atoms with van der Waals surface area (Å²) in [5.74, 6) is 0.892. The molecule has 21 heavy (non-hydrogen) atoms. The number of hydrogen-bond donors (Lipinski definition) is 1. The summed E-state index contributed by atoms with van der Waals surface area (Å²) in [6.07, 6.45) is 2.42. The first-order valence-electron chi connectivity index (χ1n) is 7.44. The molecule has 1 atom stereocenters. The van der Waals surface area contributed by atoms with E-state index in [1.807, 2.05) is 33.8 Å². The molecule has 1 amide bonds. The first kappa shape index (κ1) is 15.5. The van der Waals surface area contributed by atoms with Crippen molar-refractivity contribution in [1.82, 2.24) is 14.9 Å². The highest BCUT2D eigenvalue weighted by Crippen LogP contribution is 2.27. The molecule has 1 aromatic heterocycles. The van der Waals surface area contributed by atoms with Crippen molar-refractivity contribution in [2.45, 2.75) is 45.6 Å². The topological polar surface area (TPSA) is 67.4 Å². The zero-order chi connectivity index (χ0) is 15.5. The van der Waals surface area contributed by atoms with Crippen molar-refractivity contribution >= 4 is 12.0 Å². The second-order valence-electron chi connectivity index (χ2n) is 6.25. The Balaban J connectivity index is 1.99. The largest absolute Gasteiger partial charge is 0.444 e. The summed E-state index contributed by atoms with van der Waals surface area (Å²) in [6, 6.07) is 1.92. The SMILES string of the molecule is CCNc1nccc(C2CCN(C(=O)OC(C)(C)C)C2)n1. The van der Waals surface area contributed by atoms with E-state index in [-0.39, 0.29) is 12.0 Å². The zero-order valence-electron chi connectivity index (χ0n) is 13.2. The second kappa shape index (κ2) is 6.28. The average molecular weight is 292 g/mol. The van der Waals surface area contributed by atoms with Gasteiger partial charge >= 0.3 is 6.09 Å². The van der Waals surface area contributed by atoms with E-state index in [9.17, 15) is 4.79 Å². The summed E-state index contributed by atoms with van der Waals surface area (Å²) in [5, 5.41) is 3.11. The van der Waals surface area contributed by atoms with E-state index in [2.05, 4.69) is 15.3 Å². The van der Waals surface area contributed by atoms with E-state index in [4.69, 9.17) is 4.74 Å². The Labute approximate surface area is 125 Å². The van der Waals surface area contributed by atoms with Gasteiger partial charge in [0.2, 0.25) is 5.95 Å². The number of hydrogen-bond acceptors (Lipinski definition) is 5. The van der Waals surface area contributed by atoms with Crippen LogP contribution in [-0.4, -0.2) is 46.2 Å². The molecule has 1 aliphatic rings. The standard InChI is InChI=1S/C15H24N4O2/c1-5-16-13-17-8-6-12(18-13)11-7-9-19(10-11)14(20)21-15(2,3)4/h6,8,11H,5,7,9-10H2,1-4H3,(H,16,17,18). The summed E-state index contributed by atoms with van der Waals surface area (Å²) >= 11 is 0. The van der Waals surface area contributed by atoms with Gasteiger partial charge in [-0.2, -0.15) is 0 Å². The number of likely N-dealkylation sites (tertiary alicyclic amines) is 1. The number of nitrogens with one attached hydrogen (secondary N) is 1. The highest BCUT2D eigenvalue weighted by atomic mass is 16.6. The predicted octanol–water partition coefficient (Wildman–Crippen LogP) is 2.63. The molecule has 1 aromatic rings. The van der Waals surface area contributed by atoms with E-state index in [1.54, 1.807) is 11.1 Å². The molecule has 1 N–H and O–H groups in total. The molecule has 1 saturated heterocycles. The summed E-state index contributed by atoms with van der Waals surface area (Å²) in [7, 11) is 0. The Kier molecular flexibility index (Phi) is 4.65. The van der Waals surface area contributed by atoms with Crippen LogP contribution < -0.4 is 5.32 Å². The minimum absolute atomic E-state index is 0.244. The number of amides is 1. The molecule has 0 saturated carbocycles.